The van der Waals surface area contributed by atoms with Gasteiger partial charge in [-0.25, -0.2) is 9.79 Å². The number of urea groups is 1. The molecule has 2 atom stereocenters. The molecule has 1 fully saturated rings. The second-order valence-corrected chi connectivity index (χ2v) is 10.3. The van der Waals surface area contributed by atoms with E-state index in [9.17, 15) is 9.59 Å². The molecule has 182 valence electrons. The van der Waals surface area contributed by atoms with Crippen molar-refractivity contribution in [3.8, 4) is 0 Å². The number of likely N-dealkylation sites (tertiary alicyclic amines) is 1. The molecular formula is C27H37N5O2. The fraction of sp³-hybridized carbons (Fsp3) is 0.519. The van der Waals surface area contributed by atoms with E-state index in [2.05, 4.69) is 54.5 Å². The first-order chi connectivity index (χ1) is 16.3. The summed E-state index contributed by atoms with van der Waals surface area (Å²) < 4.78 is 0. The van der Waals surface area contributed by atoms with Crippen LogP contribution in [0.2, 0.25) is 0 Å². The van der Waals surface area contributed by atoms with Gasteiger partial charge in [0.05, 0.1) is 6.04 Å². The van der Waals surface area contributed by atoms with Gasteiger partial charge in [0, 0.05) is 19.6 Å². The largest absolute Gasteiger partial charge is 0.369 e. The zero-order valence-electron chi connectivity index (χ0n) is 20.5. The molecule has 34 heavy (non-hydrogen) atoms. The third-order valence-electron chi connectivity index (χ3n) is 7.06. The van der Waals surface area contributed by atoms with Crippen LogP contribution >= 0.6 is 0 Å². The average molecular weight is 464 g/mol. The highest BCUT2D eigenvalue weighted by atomic mass is 16.2. The Morgan fingerprint density at radius 3 is 2.62 bits per heavy atom. The lowest BCUT2D eigenvalue weighted by Gasteiger charge is -2.35. The zero-order chi connectivity index (χ0) is 24.3. The molecule has 1 aromatic carbocycles. The molecule has 0 bridgehead atoms. The van der Waals surface area contributed by atoms with Crippen molar-refractivity contribution in [1.82, 2.24) is 15.1 Å². The Morgan fingerprint density at radius 2 is 1.94 bits per heavy atom. The van der Waals surface area contributed by atoms with Crippen LogP contribution in [-0.2, 0) is 4.79 Å². The van der Waals surface area contributed by atoms with Crippen LogP contribution in [0.15, 0.2) is 53.6 Å². The number of allylic oxidation sites excluding steroid dienone is 2. The van der Waals surface area contributed by atoms with Crippen molar-refractivity contribution in [2.45, 2.75) is 58.0 Å². The number of carbonyl (C=O) groups is 2. The zero-order valence-corrected chi connectivity index (χ0v) is 20.5. The van der Waals surface area contributed by atoms with Crippen molar-refractivity contribution in [3.05, 3.63) is 54.1 Å². The molecule has 2 aliphatic heterocycles. The molecule has 3 amide bonds. The molecule has 1 saturated heterocycles. The Hall–Kier alpha value is -3.09. The van der Waals surface area contributed by atoms with Gasteiger partial charge in [0.1, 0.15) is 5.54 Å². The summed E-state index contributed by atoms with van der Waals surface area (Å²) in [6.45, 7) is 7.99. The standard InChI is InChI=1S/C27H37N5O2/c1-19(2)17-27(3)24(33)32(25(28)30-27)18-20-13-15-31(16-14-20)26(34)29-23-12-8-7-11-22(23)21-9-5-4-6-10-21/h4-11,19-20,23H,12-18H2,1-3H3,(H2,28,30)(H,29,34). The van der Waals surface area contributed by atoms with Gasteiger partial charge in [-0.1, -0.05) is 62.4 Å². The molecule has 0 radical (unpaired) electrons. The molecule has 3 N–H and O–H groups in total. The smallest absolute Gasteiger partial charge is 0.317 e. The van der Waals surface area contributed by atoms with E-state index in [0.29, 0.717) is 43.9 Å². The first kappa shape index (κ1) is 24.0. The summed E-state index contributed by atoms with van der Waals surface area (Å²) >= 11 is 0. The number of piperidine rings is 1. The molecule has 2 heterocycles. The van der Waals surface area contributed by atoms with Gasteiger partial charge in [0.25, 0.3) is 5.91 Å². The van der Waals surface area contributed by atoms with E-state index in [1.165, 1.54) is 0 Å². The van der Waals surface area contributed by atoms with Crippen molar-refractivity contribution in [1.29, 1.82) is 0 Å². The van der Waals surface area contributed by atoms with Crippen LogP contribution in [0.3, 0.4) is 0 Å². The topological polar surface area (TPSA) is 91.0 Å². The van der Waals surface area contributed by atoms with E-state index in [-0.39, 0.29) is 18.0 Å². The van der Waals surface area contributed by atoms with Crippen LogP contribution in [0.4, 0.5) is 4.79 Å². The number of benzene rings is 1. The predicted molar refractivity (Wildman–Crippen MR) is 136 cm³/mol. The van der Waals surface area contributed by atoms with Crippen LogP contribution in [0, 0.1) is 11.8 Å². The Balaban J connectivity index is 1.30. The molecular weight excluding hydrogens is 426 g/mol. The Labute approximate surface area is 202 Å². The lowest BCUT2D eigenvalue weighted by molar-refractivity contribution is -0.131. The molecule has 1 aliphatic carbocycles. The molecule has 0 aromatic heterocycles. The SMILES string of the molecule is CC(C)CC1(C)N=C(N)N(CC2CCN(C(=O)NC3CC=CC=C3c3ccccc3)CC2)C1=O. The van der Waals surface area contributed by atoms with Crippen molar-refractivity contribution < 1.29 is 9.59 Å². The summed E-state index contributed by atoms with van der Waals surface area (Å²) in [6.07, 6.45) is 9.40. The molecule has 0 saturated carbocycles. The van der Waals surface area contributed by atoms with Gasteiger partial charge < -0.3 is 16.0 Å². The van der Waals surface area contributed by atoms with Crippen molar-refractivity contribution >= 4 is 23.5 Å². The third-order valence-corrected chi connectivity index (χ3v) is 7.06. The molecule has 7 nitrogen and oxygen atoms in total. The maximum absolute atomic E-state index is 13.0. The highest BCUT2D eigenvalue weighted by molar-refractivity contribution is 6.06. The summed E-state index contributed by atoms with van der Waals surface area (Å²) in [5.74, 6) is 1.01. The number of nitrogens with two attached hydrogens (primary N) is 1. The lowest BCUT2D eigenvalue weighted by Crippen LogP contribution is -2.50. The maximum atomic E-state index is 13.0. The molecule has 3 aliphatic rings. The first-order valence-electron chi connectivity index (χ1n) is 12.4. The van der Waals surface area contributed by atoms with Crippen LogP contribution < -0.4 is 11.1 Å². The maximum Gasteiger partial charge on any atom is 0.317 e. The summed E-state index contributed by atoms with van der Waals surface area (Å²) in [4.78, 5) is 34.1. The van der Waals surface area contributed by atoms with Gasteiger partial charge in [-0.2, -0.15) is 0 Å². The van der Waals surface area contributed by atoms with Crippen LogP contribution in [-0.4, -0.2) is 58.9 Å². The highest BCUT2D eigenvalue weighted by Gasteiger charge is 2.44. The third kappa shape index (κ3) is 5.18. The van der Waals surface area contributed by atoms with Gasteiger partial charge in [0.15, 0.2) is 5.96 Å². The number of amides is 3. The summed E-state index contributed by atoms with van der Waals surface area (Å²) in [6, 6.07) is 10.1. The number of hydrogen-bond donors (Lipinski definition) is 2. The van der Waals surface area contributed by atoms with Crippen LogP contribution in [0.25, 0.3) is 5.57 Å². The normalized spacial score (nSPS) is 25.5. The lowest BCUT2D eigenvalue weighted by atomic mass is 9.90. The van der Waals surface area contributed by atoms with Gasteiger partial charge in [0.2, 0.25) is 0 Å². The number of guanidine groups is 1. The van der Waals surface area contributed by atoms with Crippen molar-refractivity contribution in [2.24, 2.45) is 22.6 Å². The highest BCUT2D eigenvalue weighted by Crippen LogP contribution is 2.30. The van der Waals surface area contributed by atoms with Crippen LogP contribution in [0.5, 0.6) is 0 Å². The van der Waals surface area contributed by atoms with Gasteiger partial charge in [-0.05, 0) is 55.6 Å². The molecule has 0 spiro atoms. The number of nitrogens with zero attached hydrogens (tertiary/aromatic N) is 3. The quantitative estimate of drug-likeness (QED) is 0.673. The minimum atomic E-state index is -0.753. The number of hydrogen-bond acceptors (Lipinski definition) is 4. The Morgan fingerprint density at radius 1 is 1.24 bits per heavy atom. The van der Waals surface area contributed by atoms with Crippen molar-refractivity contribution in [2.75, 3.05) is 19.6 Å². The van der Waals surface area contributed by atoms with E-state index < -0.39 is 5.54 Å². The minimum absolute atomic E-state index is 0.00412. The number of rotatable bonds is 6. The fourth-order valence-electron chi connectivity index (χ4n) is 5.37. The Kier molecular flexibility index (Phi) is 7.10. The second-order valence-electron chi connectivity index (χ2n) is 10.3. The summed E-state index contributed by atoms with van der Waals surface area (Å²) in [7, 11) is 0. The number of carbonyl (C=O) groups excluding carboxylic acids is 2. The average Bonchev–Trinajstić information content (AvgIpc) is 3.02. The second kappa shape index (κ2) is 10.0. The Bertz CT molecular complexity index is 992. The summed E-state index contributed by atoms with van der Waals surface area (Å²) in [5, 5.41) is 3.23. The minimum Gasteiger partial charge on any atom is -0.369 e. The van der Waals surface area contributed by atoms with Gasteiger partial charge >= 0.3 is 6.03 Å². The molecule has 7 heteroatoms. The summed E-state index contributed by atoms with van der Waals surface area (Å²) in [5.41, 5.74) is 7.67. The number of nitrogens with one attached hydrogen (secondary N) is 1. The fourth-order valence-corrected chi connectivity index (χ4v) is 5.37. The van der Waals surface area contributed by atoms with E-state index in [0.717, 1.165) is 30.4 Å². The van der Waals surface area contributed by atoms with Crippen molar-refractivity contribution in [3.63, 3.8) is 0 Å². The molecule has 2 unspecified atom stereocenters. The van der Waals surface area contributed by atoms with E-state index in [4.69, 9.17) is 5.73 Å². The predicted octanol–water partition coefficient (Wildman–Crippen LogP) is 3.78. The monoisotopic (exact) mass is 463 g/mol. The van der Waals surface area contributed by atoms with E-state index >= 15 is 0 Å². The molecule has 4 rings (SSSR count). The first-order valence-corrected chi connectivity index (χ1v) is 12.4. The molecule has 1 aromatic rings. The van der Waals surface area contributed by atoms with Gasteiger partial charge in [-0.15, -0.1) is 0 Å². The van der Waals surface area contributed by atoms with E-state index in [1.807, 2.05) is 30.0 Å². The van der Waals surface area contributed by atoms with Gasteiger partial charge in [-0.3, -0.25) is 9.69 Å². The number of aliphatic imine (C=N–C) groups is 1. The van der Waals surface area contributed by atoms with Crippen LogP contribution in [0.1, 0.15) is 52.0 Å². The van der Waals surface area contributed by atoms with E-state index in [1.54, 1.807) is 4.90 Å².